The van der Waals surface area contributed by atoms with Gasteiger partial charge in [0.05, 0.1) is 18.3 Å². The van der Waals surface area contributed by atoms with E-state index in [0.29, 0.717) is 22.9 Å². The Morgan fingerprint density at radius 3 is 2.50 bits per heavy atom. The Kier molecular flexibility index (Phi) is 5.81. The minimum absolute atomic E-state index is 0.0368. The number of rotatable bonds is 6. The predicted octanol–water partition coefficient (Wildman–Crippen LogP) is 4.67. The summed E-state index contributed by atoms with van der Waals surface area (Å²) < 4.78 is 13.6. The third-order valence-electron chi connectivity index (χ3n) is 3.75. The van der Waals surface area contributed by atoms with Crippen LogP contribution in [0.15, 0.2) is 66.9 Å². The topological polar surface area (TPSA) is 54.0 Å². The molecule has 1 aromatic heterocycles. The fourth-order valence-electron chi connectivity index (χ4n) is 2.38. The van der Waals surface area contributed by atoms with Crippen molar-refractivity contribution in [3.8, 4) is 0 Å². The number of carbonyl (C=O) groups is 1. The molecule has 6 heteroatoms. The summed E-state index contributed by atoms with van der Waals surface area (Å²) >= 11 is 5.86. The molecule has 1 heterocycles. The van der Waals surface area contributed by atoms with Crippen LogP contribution in [-0.2, 0) is 17.8 Å². The molecular weight excluding hydrogens is 353 g/mol. The summed E-state index contributed by atoms with van der Waals surface area (Å²) in [7, 11) is 0. The molecule has 4 nitrogen and oxygen atoms in total. The Labute approximate surface area is 156 Å². The lowest BCUT2D eigenvalue weighted by Gasteiger charge is -2.08. The number of amides is 1. The van der Waals surface area contributed by atoms with E-state index in [-0.39, 0.29) is 12.3 Å². The van der Waals surface area contributed by atoms with Crippen molar-refractivity contribution in [1.29, 1.82) is 0 Å². The van der Waals surface area contributed by atoms with Crippen molar-refractivity contribution in [2.45, 2.75) is 13.0 Å². The number of benzene rings is 2. The molecule has 2 aromatic carbocycles. The minimum atomic E-state index is -0.391. The lowest BCUT2D eigenvalue weighted by atomic mass is 10.1. The molecular formula is C20H17ClFN3O. The van der Waals surface area contributed by atoms with E-state index in [9.17, 15) is 9.18 Å². The first-order valence-electron chi connectivity index (χ1n) is 8.08. The van der Waals surface area contributed by atoms with E-state index in [0.717, 1.165) is 11.3 Å². The molecule has 132 valence electrons. The molecule has 2 N–H and O–H groups in total. The van der Waals surface area contributed by atoms with Gasteiger partial charge in [-0.15, -0.1) is 0 Å². The van der Waals surface area contributed by atoms with Crippen molar-refractivity contribution < 1.29 is 9.18 Å². The van der Waals surface area contributed by atoms with Crippen molar-refractivity contribution in [2.75, 3.05) is 10.6 Å². The van der Waals surface area contributed by atoms with Gasteiger partial charge >= 0.3 is 0 Å². The third kappa shape index (κ3) is 5.04. The number of hydrogen-bond acceptors (Lipinski definition) is 3. The Morgan fingerprint density at radius 1 is 1.04 bits per heavy atom. The van der Waals surface area contributed by atoms with Gasteiger partial charge in [0.15, 0.2) is 0 Å². The van der Waals surface area contributed by atoms with E-state index in [4.69, 9.17) is 11.6 Å². The molecule has 0 aliphatic heterocycles. The number of pyridine rings is 1. The van der Waals surface area contributed by atoms with Crippen LogP contribution < -0.4 is 10.6 Å². The molecule has 0 aliphatic carbocycles. The summed E-state index contributed by atoms with van der Waals surface area (Å²) in [6, 6.07) is 17.3. The summed E-state index contributed by atoms with van der Waals surface area (Å²) in [6.45, 7) is 0.637. The van der Waals surface area contributed by atoms with Gasteiger partial charge in [0.25, 0.3) is 0 Å². The van der Waals surface area contributed by atoms with Gasteiger partial charge in [-0.2, -0.15) is 0 Å². The Hall–Kier alpha value is -2.92. The molecule has 0 unspecified atom stereocenters. The quantitative estimate of drug-likeness (QED) is 0.664. The molecule has 0 aliphatic rings. The van der Waals surface area contributed by atoms with Gasteiger partial charge in [-0.1, -0.05) is 41.9 Å². The van der Waals surface area contributed by atoms with Gasteiger partial charge in [0.2, 0.25) is 5.91 Å². The second-order valence-electron chi connectivity index (χ2n) is 5.73. The molecule has 3 rings (SSSR count). The summed E-state index contributed by atoms with van der Waals surface area (Å²) in [4.78, 5) is 16.2. The van der Waals surface area contributed by atoms with Gasteiger partial charge in [-0.05, 0) is 41.5 Å². The van der Waals surface area contributed by atoms with Gasteiger partial charge in [-0.25, -0.2) is 9.37 Å². The molecule has 1 amide bonds. The average molecular weight is 370 g/mol. The summed E-state index contributed by atoms with van der Waals surface area (Å²) in [6.07, 6.45) is 1.60. The monoisotopic (exact) mass is 369 g/mol. The van der Waals surface area contributed by atoms with E-state index >= 15 is 0 Å². The van der Waals surface area contributed by atoms with Gasteiger partial charge in [-0.3, -0.25) is 4.79 Å². The Balaban J connectivity index is 1.53. The number of hydrogen-bond donors (Lipinski definition) is 2. The summed E-state index contributed by atoms with van der Waals surface area (Å²) in [5, 5.41) is 6.61. The number of aromatic nitrogens is 1. The van der Waals surface area contributed by atoms with Crippen molar-refractivity contribution in [2.24, 2.45) is 0 Å². The van der Waals surface area contributed by atoms with Crippen molar-refractivity contribution in [3.05, 3.63) is 88.8 Å². The molecule has 0 radical (unpaired) electrons. The molecule has 26 heavy (non-hydrogen) atoms. The number of carbonyl (C=O) groups excluding carboxylic acids is 1. The molecule has 3 aromatic rings. The molecule has 0 fully saturated rings. The van der Waals surface area contributed by atoms with Crippen LogP contribution in [0.3, 0.4) is 0 Å². The van der Waals surface area contributed by atoms with Crippen LogP contribution in [0.25, 0.3) is 0 Å². The van der Waals surface area contributed by atoms with Crippen molar-refractivity contribution in [1.82, 2.24) is 4.98 Å². The largest absolute Gasteiger partial charge is 0.380 e. The molecule has 0 spiro atoms. The van der Waals surface area contributed by atoms with Gasteiger partial charge in [0, 0.05) is 11.6 Å². The number of halogens is 2. The Bertz CT molecular complexity index is 882. The molecule has 0 saturated heterocycles. The van der Waals surface area contributed by atoms with Crippen molar-refractivity contribution >= 4 is 29.0 Å². The zero-order valence-electron chi connectivity index (χ0n) is 13.9. The number of anilines is 2. The SMILES string of the molecule is O=C(Cc1ccccc1F)Nc1ccc(NCc2ccc(Cl)cc2)cn1. The van der Waals surface area contributed by atoms with Crippen molar-refractivity contribution in [3.63, 3.8) is 0 Å². The molecule has 0 atom stereocenters. The van der Waals surface area contributed by atoms with Crippen LogP contribution in [0.4, 0.5) is 15.9 Å². The number of nitrogens with one attached hydrogen (secondary N) is 2. The maximum atomic E-state index is 13.6. The fraction of sp³-hybridized carbons (Fsp3) is 0.100. The zero-order chi connectivity index (χ0) is 18.4. The number of nitrogens with zero attached hydrogens (tertiary/aromatic N) is 1. The van der Waals surface area contributed by atoms with E-state index < -0.39 is 5.82 Å². The van der Waals surface area contributed by atoms with Gasteiger partial charge in [0.1, 0.15) is 11.6 Å². The van der Waals surface area contributed by atoms with E-state index in [1.54, 1.807) is 30.5 Å². The highest BCUT2D eigenvalue weighted by Gasteiger charge is 2.08. The first kappa shape index (κ1) is 17.9. The second kappa shape index (κ2) is 8.45. The maximum Gasteiger partial charge on any atom is 0.230 e. The highest BCUT2D eigenvalue weighted by molar-refractivity contribution is 6.30. The Morgan fingerprint density at radius 2 is 1.81 bits per heavy atom. The summed E-state index contributed by atoms with van der Waals surface area (Å²) in [5.74, 6) is -0.287. The van der Waals surface area contributed by atoms with Crippen LogP contribution in [-0.4, -0.2) is 10.9 Å². The third-order valence-corrected chi connectivity index (χ3v) is 4.00. The highest BCUT2D eigenvalue weighted by atomic mass is 35.5. The normalized spacial score (nSPS) is 10.4. The van der Waals surface area contributed by atoms with Crippen LogP contribution in [0, 0.1) is 5.82 Å². The van der Waals surface area contributed by atoms with E-state index in [1.165, 1.54) is 6.07 Å². The van der Waals surface area contributed by atoms with Crippen LogP contribution in [0.5, 0.6) is 0 Å². The van der Waals surface area contributed by atoms with Crippen LogP contribution >= 0.6 is 11.6 Å². The average Bonchev–Trinajstić information content (AvgIpc) is 2.64. The van der Waals surface area contributed by atoms with E-state index in [2.05, 4.69) is 15.6 Å². The lowest BCUT2D eigenvalue weighted by Crippen LogP contribution is -2.16. The highest BCUT2D eigenvalue weighted by Crippen LogP contribution is 2.14. The molecule has 0 bridgehead atoms. The lowest BCUT2D eigenvalue weighted by molar-refractivity contribution is -0.115. The maximum absolute atomic E-state index is 13.6. The smallest absolute Gasteiger partial charge is 0.230 e. The minimum Gasteiger partial charge on any atom is -0.380 e. The second-order valence-corrected chi connectivity index (χ2v) is 6.16. The predicted molar refractivity (Wildman–Crippen MR) is 102 cm³/mol. The standard InChI is InChI=1S/C20H17ClFN3O/c21-16-7-5-14(6-8-16)12-23-17-9-10-19(24-13-17)25-20(26)11-15-3-1-2-4-18(15)22/h1-10,13,23H,11-12H2,(H,24,25,26). The van der Waals surface area contributed by atoms with Gasteiger partial charge < -0.3 is 10.6 Å². The van der Waals surface area contributed by atoms with Crippen LogP contribution in [0.1, 0.15) is 11.1 Å². The zero-order valence-corrected chi connectivity index (χ0v) is 14.6. The molecule has 0 saturated carbocycles. The first-order valence-corrected chi connectivity index (χ1v) is 8.45. The van der Waals surface area contributed by atoms with Crippen LogP contribution in [0.2, 0.25) is 5.02 Å². The van der Waals surface area contributed by atoms with E-state index in [1.807, 2.05) is 30.3 Å². The summed E-state index contributed by atoms with van der Waals surface area (Å²) in [5.41, 5.74) is 2.27. The fourth-order valence-corrected chi connectivity index (χ4v) is 2.51. The first-order chi connectivity index (χ1) is 12.6.